The maximum atomic E-state index is 12.1. The average molecular weight is 364 g/mol. The zero-order valence-electron chi connectivity index (χ0n) is 13.1. The first-order chi connectivity index (χ1) is 11.2. The Bertz CT molecular complexity index is 906. The van der Waals surface area contributed by atoms with Crippen molar-refractivity contribution in [2.45, 2.75) is 21.7 Å². The fourth-order valence-electron chi connectivity index (χ4n) is 1.96. The molecule has 1 heterocycles. The monoisotopic (exact) mass is 364 g/mol. The number of hydrogen-bond donors (Lipinski definition) is 2. The second kappa shape index (κ2) is 7.02. The standard InChI is InChI=1S/C15H16N4O3S2/c1-9-7-11(23-13-5-3-4-6-18-13)12(24(2,21)22)8-10(9)14(20)19-15(16)17/h3-8H,1-2H3,(H4,16,17,19,20). The van der Waals surface area contributed by atoms with Gasteiger partial charge in [-0.05, 0) is 36.8 Å². The number of aromatic nitrogens is 1. The van der Waals surface area contributed by atoms with Gasteiger partial charge in [-0.25, -0.2) is 13.4 Å². The summed E-state index contributed by atoms with van der Waals surface area (Å²) in [6.45, 7) is 1.68. The van der Waals surface area contributed by atoms with Crippen molar-refractivity contribution in [2.24, 2.45) is 16.5 Å². The third kappa shape index (κ3) is 4.33. The van der Waals surface area contributed by atoms with E-state index < -0.39 is 15.7 Å². The fourth-order valence-corrected chi connectivity index (χ4v) is 4.18. The number of carbonyl (C=O) groups is 1. The number of benzene rings is 1. The SMILES string of the molecule is Cc1cc(Sc2ccccn2)c(S(C)(=O)=O)cc1C(=O)N=C(N)N. The molecule has 0 atom stereocenters. The lowest BCUT2D eigenvalue weighted by Gasteiger charge is -2.11. The van der Waals surface area contributed by atoms with Gasteiger partial charge < -0.3 is 11.5 Å². The quantitative estimate of drug-likeness (QED) is 0.619. The van der Waals surface area contributed by atoms with Crippen molar-refractivity contribution in [3.05, 3.63) is 47.7 Å². The molecule has 4 N–H and O–H groups in total. The number of pyridine rings is 1. The smallest absolute Gasteiger partial charge is 0.280 e. The van der Waals surface area contributed by atoms with Crippen molar-refractivity contribution >= 4 is 33.5 Å². The molecule has 0 bridgehead atoms. The molecule has 1 aromatic carbocycles. The van der Waals surface area contributed by atoms with E-state index in [0.29, 0.717) is 15.5 Å². The lowest BCUT2D eigenvalue weighted by atomic mass is 10.1. The number of amides is 1. The third-order valence-corrected chi connectivity index (χ3v) is 5.28. The molecule has 0 saturated carbocycles. The van der Waals surface area contributed by atoms with Gasteiger partial charge in [0.05, 0.1) is 4.90 Å². The van der Waals surface area contributed by atoms with Crippen LogP contribution in [0.25, 0.3) is 0 Å². The highest BCUT2D eigenvalue weighted by Gasteiger charge is 2.20. The van der Waals surface area contributed by atoms with Crippen LogP contribution in [0.3, 0.4) is 0 Å². The minimum absolute atomic E-state index is 0.0258. The highest BCUT2D eigenvalue weighted by atomic mass is 32.2. The summed E-state index contributed by atoms with van der Waals surface area (Å²) in [6, 6.07) is 8.25. The lowest BCUT2D eigenvalue weighted by molar-refractivity contribution is 0.100. The van der Waals surface area contributed by atoms with Crippen molar-refractivity contribution in [1.82, 2.24) is 4.98 Å². The summed E-state index contributed by atoms with van der Waals surface area (Å²) in [7, 11) is -3.57. The van der Waals surface area contributed by atoms with E-state index in [1.807, 2.05) is 0 Å². The Kier molecular flexibility index (Phi) is 5.25. The number of aryl methyl sites for hydroxylation is 1. The van der Waals surface area contributed by atoms with E-state index in [1.165, 1.54) is 17.8 Å². The highest BCUT2D eigenvalue weighted by Crippen LogP contribution is 2.34. The second-order valence-corrected chi connectivity index (χ2v) is 8.04. The van der Waals surface area contributed by atoms with Crippen LogP contribution >= 0.6 is 11.8 Å². The number of guanidine groups is 1. The van der Waals surface area contributed by atoms with Gasteiger partial charge in [0.15, 0.2) is 15.8 Å². The number of sulfone groups is 1. The molecule has 24 heavy (non-hydrogen) atoms. The molecule has 0 aliphatic heterocycles. The van der Waals surface area contributed by atoms with E-state index in [0.717, 1.165) is 6.26 Å². The van der Waals surface area contributed by atoms with Gasteiger partial charge in [0.2, 0.25) is 0 Å². The number of aliphatic imine (C=N–C) groups is 1. The van der Waals surface area contributed by atoms with Gasteiger partial charge in [-0.1, -0.05) is 17.8 Å². The molecule has 1 aromatic heterocycles. The summed E-state index contributed by atoms with van der Waals surface area (Å²) in [6.07, 6.45) is 2.70. The van der Waals surface area contributed by atoms with Crippen LogP contribution in [0, 0.1) is 6.92 Å². The maximum absolute atomic E-state index is 12.1. The molecule has 2 rings (SSSR count). The van der Waals surface area contributed by atoms with Gasteiger partial charge in [-0.3, -0.25) is 4.79 Å². The Morgan fingerprint density at radius 1 is 1.25 bits per heavy atom. The molecule has 0 aliphatic carbocycles. The molecular formula is C15H16N4O3S2. The van der Waals surface area contributed by atoms with Crippen molar-refractivity contribution in [3.63, 3.8) is 0 Å². The Hall–Kier alpha value is -2.39. The molecule has 0 aliphatic rings. The predicted octanol–water partition coefficient (Wildman–Crippen LogP) is 1.36. The Morgan fingerprint density at radius 2 is 1.96 bits per heavy atom. The number of carbonyl (C=O) groups excluding carboxylic acids is 1. The summed E-state index contributed by atoms with van der Waals surface area (Å²) < 4.78 is 24.2. The summed E-state index contributed by atoms with van der Waals surface area (Å²) in [5, 5.41) is 0.644. The molecule has 9 heteroatoms. The van der Waals surface area contributed by atoms with Crippen LogP contribution in [0.2, 0.25) is 0 Å². The number of nitrogens with two attached hydrogens (primary N) is 2. The van der Waals surface area contributed by atoms with Gasteiger partial charge in [0.1, 0.15) is 5.03 Å². The van der Waals surface area contributed by atoms with Gasteiger partial charge in [-0.2, -0.15) is 4.99 Å². The van der Waals surface area contributed by atoms with E-state index in [9.17, 15) is 13.2 Å². The number of hydrogen-bond acceptors (Lipinski definition) is 5. The van der Waals surface area contributed by atoms with Crippen LogP contribution in [0.4, 0.5) is 0 Å². The van der Waals surface area contributed by atoms with Gasteiger partial charge in [0, 0.05) is 22.9 Å². The van der Waals surface area contributed by atoms with Crippen molar-refractivity contribution in [2.75, 3.05) is 6.26 Å². The first-order valence-electron chi connectivity index (χ1n) is 6.76. The molecule has 1 amide bonds. The molecule has 0 fully saturated rings. The molecular weight excluding hydrogens is 348 g/mol. The van der Waals surface area contributed by atoms with Crippen molar-refractivity contribution < 1.29 is 13.2 Å². The van der Waals surface area contributed by atoms with Crippen molar-refractivity contribution in [1.29, 1.82) is 0 Å². The molecule has 2 aromatic rings. The van der Waals surface area contributed by atoms with E-state index in [-0.39, 0.29) is 16.4 Å². The molecule has 0 spiro atoms. The van der Waals surface area contributed by atoms with Gasteiger partial charge >= 0.3 is 0 Å². The first kappa shape index (κ1) is 18.0. The van der Waals surface area contributed by atoms with Gasteiger partial charge in [-0.15, -0.1) is 0 Å². The van der Waals surface area contributed by atoms with E-state index in [2.05, 4.69) is 9.98 Å². The average Bonchev–Trinajstić information content (AvgIpc) is 2.46. The minimum Gasteiger partial charge on any atom is -0.370 e. The van der Waals surface area contributed by atoms with Crippen LogP contribution in [0.5, 0.6) is 0 Å². The Balaban J connectivity index is 2.58. The molecule has 0 saturated heterocycles. The van der Waals surface area contributed by atoms with Crippen LogP contribution in [-0.2, 0) is 9.84 Å². The molecule has 126 valence electrons. The van der Waals surface area contributed by atoms with Crippen molar-refractivity contribution in [3.8, 4) is 0 Å². The first-order valence-corrected chi connectivity index (χ1v) is 9.47. The fraction of sp³-hybridized carbons (Fsp3) is 0.133. The van der Waals surface area contributed by atoms with E-state index in [4.69, 9.17) is 11.5 Å². The van der Waals surface area contributed by atoms with Gasteiger partial charge in [0.25, 0.3) is 5.91 Å². The van der Waals surface area contributed by atoms with Crippen LogP contribution in [0.1, 0.15) is 15.9 Å². The van der Waals surface area contributed by atoms with Crippen LogP contribution in [0.15, 0.2) is 56.3 Å². The highest BCUT2D eigenvalue weighted by molar-refractivity contribution is 8.00. The zero-order valence-corrected chi connectivity index (χ0v) is 14.7. The summed E-state index contributed by atoms with van der Waals surface area (Å²) in [5.74, 6) is -1.07. The Morgan fingerprint density at radius 3 is 2.50 bits per heavy atom. The summed E-state index contributed by atoms with van der Waals surface area (Å²) >= 11 is 1.20. The minimum atomic E-state index is -3.57. The van der Waals surface area contributed by atoms with E-state index in [1.54, 1.807) is 37.4 Å². The lowest BCUT2D eigenvalue weighted by Crippen LogP contribution is -2.24. The maximum Gasteiger partial charge on any atom is 0.280 e. The summed E-state index contributed by atoms with van der Waals surface area (Å²) in [5.41, 5.74) is 11.1. The molecule has 7 nitrogen and oxygen atoms in total. The van der Waals surface area contributed by atoms with Crippen LogP contribution in [-0.4, -0.2) is 31.5 Å². The largest absolute Gasteiger partial charge is 0.370 e. The molecule has 0 unspecified atom stereocenters. The number of rotatable bonds is 4. The van der Waals surface area contributed by atoms with E-state index >= 15 is 0 Å². The topological polar surface area (TPSA) is 128 Å². The van der Waals surface area contributed by atoms with Crippen LogP contribution < -0.4 is 11.5 Å². The normalized spacial score (nSPS) is 11.1. The predicted molar refractivity (Wildman–Crippen MR) is 92.8 cm³/mol. The molecule has 0 radical (unpaired) electrons. The zero-order chi connectivity index (χ0) is 17.9. The second-order valence-electron chi connectivity index (χ2n) is 5.00. The Labute approximate surface area is 144 Å². The third-order valence-electron chi connectivity index (χ3n) is 3.00. The summed E-state index contributed by atoms with van der Waals surface area (Å²) in [4.78, 5) is 20.2. The number of nitrogens with zero attached hydrogens (tertiary/aromatic N) is 2.